The molecule has 7 heteroatoms. The number of benzene rings is 1. The molecule has 2 atom stereocenters. The van der Waals surface area contributed by atoms with Gasteiger partial charge in [0, 0.05) is 4.88 Å². The highest BCUT2D eigenvalue weighted by Gasteiger charge is 2.24. The average molecular weight is 413 g/mol. The Kier molecular flexibility index (Phi) is 5.67. The van der Waals surface area contributed by atoms with E-state index in [4.69, 9.17) is 9.47 Å². The summed E-state index contributed by atoms with van der Waals surface area (Å²) >= 11 is 1.59. The summed E-state index contributed by atoms with van der Waals surface area (Å²) in [5.41, 5.74) is 0.999. The fourth-order valence-electron chi connectivity index (χ4n) is 3.64. The summed E-state index contributed by atoms with van der Waals surface area (Å²) in [7, 11) is 0. The molecule has 6 nitrogen and oxygen atoms in total. The molecule has 0 radical (unpaired) electrons. The zero-order valence-electron chi connectivity index (χ0n) is 16.6. The zero-order valence-corrected chi connectivity index (χ0v) is 17.4. The first-order valence-electron chi connectivity index (χ1n) is 9.93. The topological polar surface area (TPSA) is 81.3 Å². The van der Waals surface area contributed by atoms with Crippen LogP contribution in [0, 0.1) is 5.92 Å². The van der Waals surface area contributed by atoms with Gasteiger partial charge in [0.05, 0.1) is 18.4 Å². The third-order valence-electron chi connectivity index (χ3n) is 5.20. The number of hydrogen-bond acceptors (Lipinski definition) is 6. The first-order valence-corrected chi connectivity index (χ1v) is 10.7. The van der Waals surface area contributed by atoms with Crippen molar-refractivity contribution in [2.75, 3.05) is 6.61 Å². The number of nitrogens with zero attached hydrogens (tertiary/aromatic N) is 1. The van der Waals surface area contributed by atoms with Crippen LogP contribution >= 0.6 is 11.3 Å². The maximum atomic E-state index is 12.7. The minimum Gasteiger partial charge on any atom is -0.493 e. The number of nitrogens with one attached hydrogen (secondary N) is 1. The Bertz CT molecular complexity index is 1070. The van der Waals surface area contributed by atoms with Gasteiger partial charge in [-0.25, -0.2) is 4.98 Å². The van der Waals surface area contributed by atoms with Crippen LogP contribution in [0.1, 0.15) is 49.1 Å². The van der Waals surface area contributed by atoms with Crippen LogP contribution in [0.4, 0.5) is 0 Å². The summed E-state index contributed by atoms with van der Waals surface area (Å²) in [6, 6.07) is 9.31. The highest BCUT2D eigenvalue weighted by molar-refractivity contribution is 7.18. The van der Waals surface area contributed by atoms with Crippen molar-refractivity contribution in [2.24, 2.45) is 5.92 Å². The molecule has 1 aromatic carbocycles. The molecule has 0 unspecified atom stereocenters. The van der Waals surface area contributed by atoms with E-state index in [9.17, 15) is 9.59 Å². The van der Waals surface area contributed by atoms with Gasteiger partial charge in [0.2, 0.25) is 0 Å². The second-order valence-corrected chi connectivity index (χ2v) is 8.61. The average Bonchev–Trinajstić information content (AvgIpc) is 3.06. The lowest BCUT2D eigenvalue weighted by atomic mass is 9.89. The number of aromatic nitrogens is 2. The van der Waals surface area contributed by atoms with Crippen molar-refractivity contribution in [3.8, 4) is 5.75 Å². The number of fused-ring (bicyclic) bond motifs is 3. The smallest absolute Gasteiger partial charge is 0.309 e. The summed E-state index contributed by atoms with van der Waals surface area (Å²) in [6.07, 6.45) is 2.51. The van der Waals surface area contributed by atoms with Crippen LogP contribution in [0.15, 0.2) is 35.1 Å². The Morgan fingerprint density at radius 3 is 2.93 bits per heavy atom. The summed E-state index contributed by atoms with van der Waals surface area (Å²) in [4.78, 5) is 34.2. The second-order valence-electron chi connectivity index (χ2n) is 7.53. The predicted molar refractivity (Wildman–Crippen MR) is 112 cm³/mol. The number of para-hydroxylation sites is 1. The van der Waals surface area contributed by atoms with E-state index in [2.05, 4.69) is 16.9 Å². The summed E-state index contributed by atoms with van der Waals surface area (Å²) in [6.45, 7) is 4.18. The predicted octanol–water partition coefficient (Wildman–Crippen LogP) is 4.18. The molecule has 2 aromatic heterocycles. The van der Waals surface area contributed by atoms with Gasteiger partial charge in [-0.05, 0) is 49.8 Å². The van der Waals surface area contributed by atoms with Gasteiger partial charge in [-0.2, -0.15) is 0 Å². The molecule has 0 aliphatic heterocycles. The van der Waals surface area contributed by atoms with E-state index in [1.807, 2.05) is 30.3 Å². The highest BCUT2D eigenvalue weighted by atomic mass is 32.1. The summed E-state index contributed by atoms with van der Waals surface area (Å²) in [5, 5.41) is 0.704. The molecule has 29 heavy (non-hydrogen) atoms. The molecule has 2 heterocycles. The van der Waals surface area contributed by atoms with Gasteiger partial charge in [0.25, 0.3) is 5.56 Å². The monoisotopic (exact) mass is 412 g/mol. The van der Waals surface area contributed by atoms with Gasteiger partial charge in [-0.15, -0.1) is 11.3 Å². The lowest BCUT2D eigenvalue weighted by Gasteiger charge is -2.17. The number of hydrogen-bond donors (Lipinski definition) is 1. The van der Waals surface area contributed by atoms with Crippen LogP contribution in [0.3, 0.4) is 0 Å². The molecule has 0 saturated heterocycles. The number of aromatic amines is 1. The van der Waals surface area contributed by atoms with Crippen molar-refractivity contribution in [3.63, 3.8) is 0 Å². The molecular formula is C22H24N2O4S. The third kappa shape index (κ3) is 4.34. The van der Waals surface area contributed by atoms with Gasteiger partial charge in [0.15, 0.2) is 11.9 Å². The van der Waals surface area contributed by atoms with Crippen LogP contribution in [0.5, 0.6) is 5.75 Å². The van der Waals surface area contributed by atoms with Gasteiger partial charge in [0.1, 0.15) is 10.6 Å². The number of H-pyrrole nitrogens is 1. The first kappa shape index (κ1) is 19.6. The molecule has 0 fully saturated rings. The van der Waals surface area contributed by atoms with E-state index < -0.39 is 12.1 Å². The maximum absolute atomic E-state index is 12.7. The first-order chi connectivity index (χ1) is 14.0. The molecule has 3 aromatic rings. The van der Waals surface area contributed by atoms with Gasteiger partial charge < -0.3 is 14.5 Å². The maximum Gasteiger partial charge on any atom is 0.309 e. The van der Waals surface area contributed by atoms with Crippen LogP contribution in [0.2, 0.25) is 0 Å². The Balaban J connectivity index is 1.42. The number of rotatable bonds is 6. The molecule has 1 aliphatic carbocycles. The number of ether oxygens (including phenoxy) is 2. The zero-order chi connectivity index (χ0) is 20.4. The lowest BCUT2D eigenvalue weighted by Crippen LogP contribution is -2.19. The minimum absolute atomic E-state index is 0.122. The number of aryl methyl sites for hydroxylation is 1. The molecule has 0 amide bonds. The van der Waals surface area contributed by atoms with Crippen molar-refractivity contribution >= 4 is 27.5 Å². The highest BCUT2D eigenvalue weighted by Crippen LogP contribution is 2.35. The number of esters is 1. The van der Waals surface area contributed by atoms with Crippen molar-refractivity contribution < 1.29 is 14.3 Å². The van der Waals surface area contributed by atoms with E-state index in [0.717, 1.165) is 29.7 Å². The Hall–Kier alpha value is -2.67. The van der Waals surface area contributed by atoms with Gasteiger partial charge >= 0.3 is 5.97 Å². The van der Waals surface area contributed by atoms with E-state index in [1.54, 1.807) is 18.3 Å². The fourth-order valence-corrected chi connectivity index (χ4v) is 5.03. The van der Waals surface area contributed by atoms with Crippen LogP contribution in [0.25, 0.3) is 10.2 Å². The second kappa shape index (κ2) is 8.37. The van der Waals surface area contributed by atoms with E-state index in [1.165, 1.54) is 4.88 Å². The van der Waals surface area contributed by atoms with Crippen LogP contribution in [-0.4, -0.2) is 22.5 Å². The molecule has 1 aliphatic rings. The molecule has 0 bridgehead atoms. The SMILES string of the molecule is C[C@H]1CCc2c(sc3nc([C@H](C)OC(=O)CCOc4ccccc4)[nH]c(=O)c23)C1. The Labute approximate surface area is 172 Å². The lowest BCUT2D eigenvalue weighted by molar-refractivity contribution is -0.149. The van der Waals surface area contributed by atoms with E-state index in [-0.39, 0.29) is 18.6 Å². The largest absolute Gasteiger partial charge is 0.493 e. The molecule has 0 spiro atoms. The summed E-state index contributed by atoms with van der Waals surface area (Å²) < 4.78 is 11.0. The molecular weight excluding hydrogens is 388 g/mol. The third-order valence-corrected chi connectivity index (χ3v) is 6.34. The van der Waals surface area contributed by atoms with Crippen LogP contribution in [-0.2, 0) is 22.4 Å². The van der Waals surface area contributed by atoms with Crippen molar-refractivity contribution in [3.05, 3.63) is 57.0 Å². The minimum atomic E-state index is -0.630. The number of carbonyl (C=O) groups is 1. The quantitative estimate of drug-likeness (QED) is 0.614. The number of thiophene rings is 1. The fraction of sp³-hybridized carbons (Fsp3) is 0.409. The van der Waals surface area contributed by atoms with Gasteiger partial charge in [-0.1, -0.05) is 25.1 Å². The number of carbonyl (C=O) groups excluding carboxylic acids is 1. The standard InChI is InChI=1S/C22H24N2O4S/c1-13-8-9-16-17(12-13)29-22-19(16)21(26)23-20(24-22)14(2)28-18(25)10-11-27-15-6-4-3-5-7-15/h3-7,13-14H,8-12H2,1-2H3,(H,23,24,26)/t13-,14-/m0/s1. The normalized spacial score (nSPS) is 17.0. The Morgan fingerprint density at radius 1 is 1.34 bits per heavy atom. The molecule has 152 valence electrons. The van der Waals surface area contributed by atoms with E-state index >= 15 is 0 Å². The van der Waals surface area contributed by atoms with Crippen molar-refractivity contribution in [1.82, 2.24) is 9.97 Å². The summed E-state index contributed by atoms with van der Waals surface area (Å²) in [5.74, 6) is 1.33. The van der Waals surface area contributed by atoms with E-state index in [0.29, 0.717) is 22.9 Å². The van der Waals surface area contributed by atoms with Crippen LogP contribution < -0.4 is 10.3 Å². The molecule has 0 saturated carbocycles. The van der Waals surface area contributed by atoms with Crippen molar-refractivity contribution in [1.29, 1.82) is 0 Å². The Morgan fingerprint density at radius 2 is 2.14 bits per heavy atom. The van der Waals surface area contributed by atoms with Gasteiger partial charge in [-0.3, -0.25) is 9.59 Å². The van der Waals surface area contributed by atoms with Crippen molar-refractivity contribution in [2.45, 2.75) is 45.6 Å². The molecule has 4 rings (SSSR count). The molecule has 1 N–H and O–H groups in total.